The SMILES string of the molecule is CC(C)(CNC(=O)c1cncc(Cl)n1)S(C)(=O)=O. The summed E-state index contributed by atoms with van der Waals surface area (Å²) in [6.45, 7) is 3.05. The Morgan fingerprint density at radius 3 is 2.56 bits per heavy atom. The average molecular weight is 292 g/mol. The van der Waals surface area contributed by atoms with Crippen LogP contribution in [0.3, 0.4) is 0 Å². The number of carbonyl (C=O) groups is 1. The number of nitrogens with zero attached hydrogens (tertiary/aromatic N) is 2. The lowest BCUT2D eigenvalue weighted by molar-refractivity contribution is 0.0945. The summed E-state index contributed by atoms with van der Waals surface area (Å²) in [6, 6.07) is 0. The Bertz CT molecular complexity index is 557. The number of amides is 1. The lowest BCUT2D eigenvalue weighted by Gasteiger charge is -2.22. The van der Waals surface area contributed by atoms with Crippen LogP contribution in [0.15, 0.2) is 12.4 Å². The van der Waals surface area contributed by atoms with Gasteiger partial charge in [-0.05, 0) is 13.8 Å². The van der Waals surface area contributed by atoms with Gasteiger partial charge in [0.05, 0.1) is 17.1 Å². The normalized spacial score (nSPS) is 12.2. The number of hydrogen-bond acceptors (Lipinski definition) is 5. The van der Waals surface area contributed by atoms with Gasteiger partial charge in [-0.2, -0.15) is 0 Å². The quantitative estimate of drug-likeness (QED) is 0.881. The third-order valence-corrected chi connectivity index (χ3v) is 4.85. The molecule has 0 atom stereocenters. The smallest absolute Gasteiger partial charge is 0.271 e. The molecule has 1 N–H and O–H groups in total. The van der Waals surface area contributed by atoms with Crippen molar-refractivity contribution in [1.82, 2.24) is 15.3 Å². The Hall–Kier alpha value is -1.21. The molecule has 18 heavy (non-hydrogen) atoms. The van der Waals surface area contributed by atoms with Crippen LogP contribution in [-0.2, 0) is 9.84 Å². The van der Waals surface area contributed by atoms with E-state index in [1.807, 2.05) is 0 Å². The van der Waals surface area contributed by atoms with Crippen LogP contribution in [0.1, 0.15) is 24.3 Å². The number of sulfone groups is 1. The highest BCUT2D eigenvalue weighted by molar-refractivity contribution is 7.92. The molecule has 0 radical (unpaired) electrons. The minimum absolute atomic E-state index is 0.0150. The van der Waals surface area contributed by atoms with Crippen molar-refractivity contribution in [2.24, 2.45) is 0 Å². The van der Waals surface area contributed by atoms with E-state index in [1.54, 1.807) is 0 Å². The van der Waals surface area contributed by atoms with Crippen LogP contribution in [0.25, 0.3) is 0 Å². The lowest BCUT2D eigenvalue weighted by atomic mass is 10.2. The van der Waals surface area contributed by atoms with Gasteiger partial charge in [0.1, 0.15) is 10.8 Å². The molecule has 1 rings (SSSR count). The molecular formula is C10H14ClN3O3S. The fourth-order valence-electron chi connectivity index (χ4n) is 0.966. The van der Waals surface area contributed by atoms with Crippen molar-refractivity contribution in [2.75, 3.05) is 12.8 Å². The minimum Gasteiger partial charge on any atom is -0.349 e. The molecule has 0 bridgehead atoms. The van der Waals surface area contributed by atoms with E-state index < -0.39 is 20.5 Å². The second-order valence-electron chi connectivity index (χ2n) is 4.44. The largest absolute Gasteiger partial charge is 0.349 e. The lowest BCUT2D eigenvalue weighted by Crippen LogP contribution is -2.43. The second kappa shape index (κ2) is 5.19. The van der Waals surface area contributed by atoms with E-state index in [0.717, 1.165) is 6.26 Å². The van der Waals surface area contributed by atoms with Crippen molar-refractivity contribution in [3.05, 3.63) is 23.2 Å². The number of hydrogen-bond donors (Lipinski definition) is 1. The molecule has 1 aromatic rings. The van der Waals surface area contributed by atoms with E-state index >= 15 is 0 Å². The summed E-state index contributed by atoms with van der Waals surface area (Å²) >= 11 is 5.60. The molecule has 0 aliphatic heterocycles. The van der Waals surface area contributed by atoms with Crippen molar-refractivity contribution >= 4 is 27.3 Å². The van der Waals surface area contributed by atoms with Crippen molar-refractivity contribution in [3.63, 3.8) is 0 Å². The van der Waals surface area contributed by atoms with Crippen molar-refractivity contribution < 1.29 is 13.2 Å². The number of aromatic nitrogens is 2. The molecule has 100 valence electrons. The highest BCUT2D eigenvalue weighted by atomic mass is 35.5. The van der Waals surface area contributed by atoms with Crippen LogP contribution < -0.4 is 5.32 Å². The molecule has 0 saturated heterocycles. The molecule has 0 aliphatic carbocycles. The van der Waals surface area contributed by atoms with Gasteiger partial charge in [-0.1, -0.05) is 11.6 Å². The number of nitrogens with one attached hydrogen (secondary N) is 1. The maximum absolute atomic E-state index is 11.7. The number of carbonyl (C=O) groups excluding carboxylic acids is 1. The molecule has 0 unspecified atom stereocenters. The molecule has 1 heterocycles. The minimum atomic E-state index is -3.27. The van der Waals surface area contributed by atoms with Gasteiger partial charge in [-0.25, -0.2) is 13.4 Å². The van der Waals surface area contributed by atoms with Crippen LogP contribution in [0, 0.1) is 0 Å². The summed E-state index contributed by atoms with van der Waals surface area (Å²) in [4.78, 5) is 19.2. The summed E-state index contributed by atoms with van der Waals surface area (Å²) in [5.41, 5.74) is 0.0480. The van der Waals surface area contributed by atoms with Crippen molar-refractivity contribution in [3.8, 4) is 0 Å². The Morgan fingerprint density at radius 1 is 1.44 bits per heavy atom. The molecule has 1 amide bonds. The highest BCUT2D eigenvalue weighted by Gasteiger charge is 2.30. The molecule has 6 nitrogen and oxygen atoms in total. The third-order valence-electron chi connectivity index (χ3n) is 2.52. The Balaban J connectivity index is 2.74. The van der Waals surface area contributed by atoms with Gasteiger partial charge in [0.15, 0.2) is 9.84 Å². The van der Waals surface area contributed by atoms with Crippen LogP contribution >= 0.6 is 11.6 Å². The first-order chi connectivity index (χ1) is 8.13. The van der Waals surface area contributed by atoms with E-state index in [4.69, 9.17) is 11.6 Å². The van der Waals surface area contributed by atoms with Gasteiger partial charge in [0.25, 0.3) is 5.91 Å². The zero-order chi connectivity index (χ0) is 14.0. The highest BCUT2D eigenvalue weighted by Crippen LogP contribution is 2.13. The summed E-state index contributed by atoms with van der Waals surface area (Å²) in [6.07, 6.45) is 3.69. The molecule has 0 saturated carbocycles. The van der Waals surface area contributed by atoms with Crippen molar-refractivity contribution in [2.45, 2.75) is 18.6 Å². The van der Waals surface area contributed by atoms with Crippen LogP contribution in [-0.4, -0.2) is 41.8 Å². The van der Waals surface area contributed by atoms with E-state index in [9.17, 15) is 13.2 Å². The zero-order valence-electron chi connectivity index (χ0n) is 10.3. The molecule has 1 aromatic heterocycles. The molecule has 8 heteroatoms. The maximum atomic E-state index is 11.7. The topological polar surface area (TPSA) is 89.0 Å². The van der Waals surface area contributed by atoms with Crippen LogP contribution in [0.4, 0.5) is 0 Å². The first kappa shape index (κ1) is 14.8. The molecule has 0 aliphatic rings. The summed E-state index contributed by atoms with van der Waals surface area (Å²) < 4.78 is 21.9. The Labute approximate surface area is 111 Å². The van der Waals surface area contributed by atoms with E-state index in [1.165, 1.54) is 26.2 Å². The number of halogens is 1. The van der Waals surface area contributed by atoms with E-state index in [0.29, 0.717) is 0 Å². The Kier molecular flexibility index (Phi) is 4.28. The van der Waals surface area contributed by atoms with Crippen molar-refractivity contribution in [1.29, 1.82) is 0 Å². The Morgan fingerprint density at radius 2 is 2.06 bits per heavy atom. The van der Waals surface area contributed by atoms with Gasteiger partial charge < -0.3 is 5.32 Å². The maximum Gasteiger partial charge on any atom is 0.271 e. The van der Waals surface area contributed by atoms with E-state index in [-0.39, 0.29) is 17.4 Å². The van der Waals surface area contributed by atoms with E-state index in [2.05, 4.69) is 15.3 Å². The fraction of sp³-hybridized carbons (Fsp3) is 0.500. The standard InChI is InChI=1S/C10H14ClN3O3S/c1-10(2,18(3,16)17)6-13-9(15)7-4-12-5-8(11)14-7/h4-5H,6H2,1-3H3,(H,13,15). The van der Waals surface area contributed by atoms with Gasteiger partial charge >= 0.3 is 0 Å². The second-order valence-corrected chi connectivity index (χ2v) is 7.48. The predicted octanol–water partition coefficient (Wildman–Crippen LogP) is 0.683. The average Bonchev–Trinajstić information content (AvgIpc) is 2.24. The van der Waals surface area contributed by atoms with Crippen LogP contribution in [0.2, 0.25) is 5.15 Å². The zero-order valence-corrected chi connectivity index (χ0v) is 11.8. The number of rotatable bonds is 4. The van der Waals surface area contributed by atoms with Gasteiger partial charge in [0.2, 0.25) is 0 Å². The first-order valence-electron chi connectivity index (χ1n) is 5.09. The fourth-order valence-corrected chi connectivity index (χ4v) is 1.45. The third kappa shape index (κ3) is 3.64. The van der Waals surface area contributed by atoms with Gasteiger partial charge in [-0.15, -0.1) is 0 Å². The van der Waals surface area contributed by atoms with Crippen LogP contribution in [0.5, 0.6) is 0 Å². The van der Waals surface area contributed by atoms with Gasteiger partial charge in [-0.3, -0.25) is 9.78 Å². The molecule has 0 aromatic carbocycles. The summed E-state index contributed by atoms with van der Waals surface area (Å²) in [5.74, 6) is -0.512. The summed E-state index contributed by atoms with van der Waals surface area (Å²) in [7, 11) is -3.27. The predicted molar refractivity (Wildman–Crippen MR) is 68.3 cm³/mol. The monoisotopic (exact) mass is 291 g/mol. The molecular weight excluding hydrogens is 278 g/mol. The van der Waals surface area contributed by atoms with Gasteiger partial charge in [0, 0.05) is 12.8 Å². The summed E-state index contributed by atoms with van der Waals surface area (Å²) in [5, 5.41) is 2.60. The molecule has 0 spiro atoms. The first-order valence-corrected chi connectivity index (χ1v) is 7.36. The molecule has 0 fully saturated rings.